The summed E-state index contributed by atoms with van der Waals surface area (Å²) in [4.78, 5) is 29.1. The number of aromatic nitrogens is 2. The molecule has 0 bridgehead atoms. The number of fused-ring (bicyclic) bond motifs is 3. The summed E-state index contributed by atoms with van der Waals surface area (Å²) < 4.78 is 44.2. The van der Waals surface area contributed by atoms with E-state index >= 15 is 0 Å². The van der Waals surface area contributed by atoms with E-state index in [1.54, 1.807) is 22.8 Å². The van der Waals surface area contributed by atoms with Crippen LogP contribution < -0.4 is 20.7 Å². The summed E-state index contributed by atoms with van der Waals surface area (Å²) in [6, 6.07) is 3.81. The lowest BCUT2D eigenvalue weighted by Gasteiger charge is -2.39. The van der Waals surface area contributed by atoms with E-state index in [-0.39, 0.29) is 19.0 Å². The van der Waals surface area contributed by atoms with Gasteiger partial charge in [-0.1, -0.05) is 0 Å². The Hall–Kier alpha value is -3.41. The van der Waals surface area contributed by atoms with E-state index in [1.807, 2.05) is 0 Å². The third kappa shape index (κ3) is 3.14. The van der Waals surface area contributed by atoms with Gasteiger partial charge in [-0.15, -0.1) is 0 Å². The van der Waals surface area contributed by atoms with Crippen molar-refractivity contribution in [2.45, 2.75) is 24.6 Å². The number of nitrogens with one attached hydrogen (secondary N) is 1. The van der Waals surface area contributed by atoms with E-state index in [2.05, 4.69) is 10.3 Å². The van der Waals surface area contributed by atoms with Gasteiger partial charge < -0.3 is 29.8 Å². The lowest BCUT2D eigenvalue weighted by Crippen LogP contribution is -2.64. The largest absolute Gasteiger partial charge is 0.491 e. The van der Waals surface area contributed by atoms with Crippen LogP contribution in [0.5, 0.6) is 5.75 Å². The Bertz CT molecular complexity index is 1050. The van der Waals surface area contributed by atoms with Crippen molar-refractivity contribution in [3.8, 4) is 17.1 Å². The summed E-state index contributed by atoms with van der Waals surface area (Å²) in [5.74, 6) is 0.548. The first-order valence-corrected chi connectivity index (χ1v) is 9.62. The molecule has 2 amide bonds. The van der Waals surface area contributed by atoms with Gasteiger partial charge in [0.15, 0.2) is 11.4 Å². The second-order valence-corrected chi connectivity index (χ2v) is 7.59. The lowest BCUT2D eigenvalue weighted by atomic mass is 9.96. The van der Waals surface area contributed by atoms with E-state index in [4.69, 9.17) is 19.9 Å². The van der Waals surface area contributed by atoms with Gasteiger partial charge in [0, 0.05) is 18.0 Å². The van der Waals surface area contributed by atoms with Gasteiger partial charge in [-0.25, -0.2) is 23.5 Å². The van der Waals surface area contributed by atoms with Gasteiger partial charge in [0.05, 0.1) is 25.3 Å². The molecule has 10 nitrogen and oxygen atoms in total. The molecule has 3 aliphatic heterocycles. The summed E-state index contributed by atoms with van der Waals surface area (Å²) >= 11 is 0. The fraction of sp³-hybridized carbons (Fsp3) is 0.421. The number of nitrogens with zero attached hydrogens (tertiary/aromatic N) is 3. The third-order valence-corrected chi connectivity index (χ3v) is 5.57. The Morgan fingerprint density at radius 2 is 2.13 bits per heavy atom. The van der Waals surface area contributed by atoms with Gasteiger partial charge in [-0.05, 0) is 12.1 Å². The summed E-state index contributed by atoms with van der Waals surface area (Å²) in [7, 11) is 0. The Kier molecular flexibility index (Phi) is 4.46. The molecule has 31 heavy (non-hydrogen) atoms. The van der Waals surface area contributed by atoms with Gasteiger partial charge in [0.1, 0.15) is 30.8 Å². The van der Waals surface area contributed by atoms with Gasteiger partial charge in [-0.3, -0.25) is 4.79 Å². The van der Waals surface area contributed by atoms with E-state index < -0.39 is 36.6 Å². The highest BCUT2D eigenvalue weighted by molar-refractivity contribution is 5.90. The number of carbonyl (C=O) groups excluding carboxylic acids is 2. The number of amides is 2. The quantitative estimate of drug-likeness (QED) is 0.724. The number of imidazole rings is 1. The van der Waals surface area contributed by atoms with Crippen molar-refractivity contribution in [3.63, 3.8) is 0 Å². The van der Waals surface area contributed by atoms with Gasteiger partial charge in [0.25, 0.3) is 6.43 Å². The number of nitrogens with two attached hydrogens (primary N) is 1. The van der Waals surface area contributed by atoms with Crippen molar-refractivity contribution in [2.24, 2.45) is 5.73 Å². The monoisotopic (exact) mass is 435 g/mol. The number of halogens is 2. The summed E-state index contributed by atoms with van der Waals surface area (Å²) in [5.41, 5.74) is 5.76. The highest BCUT2D eigenvalue weighted by Crippen LogP contribution is 2.37. The first-order valence-electron chi connectivity index (χ1n) is 9.62. The number of cyclic esters (lactones) is 1. The Morgan fingerprint density at radius 1 is 1.32 bits per heavy atom. The standard InChI is InChI=1S/C19H19F2N5O5/c20-15(21)12-7-31-18(28)26(12)14-6-25-3-4-30-13-5-10(1-2-11(13)16(25)23-14)24-19(17(22)27)8-29-9-19/h1-2,5-6,12,15,24H,3-4,7-9H2,(H2,22,27). The zero-order chi connectivity index (χ0) is 21.8. The number of anilines is 2. The molecule has 4 heterocycles. The van der Waals surface area contributed by atoms with Crippen molar-refractivity contribution in [2.75, 3.05) is 36.6 Å². The molecule has 2 saturated heterocycles. The van der Waals surface area contributed by atoms with Crippen LogP contribution in [0, 0.1) is 0 Å². The van der Waals surface area contributed by atoms with Crippen LogP contribution in [-0.4, -0.2) is 66.0 Å². The minimum atomic E-state index is -2.76. The minimum absolute atomic E-state index is 0.0946. The molecule has 164 valence electrons. The summed E-state index contributed by atoms with van der Waals surface area (Å²) in [5, 5.41) is 3.10. The van der Waals surface area contributed by atoms with Crippen LogP contribution in [0.2, 0.25) is 0 Å². The van der Waals surface area contributed by atoms with Gasteiger partial charge in [0.2, 0.25) is 5.91 Å². The molecular weight excluding hydrogens is 416 g/mol. The van der Waals surface area contributed by atoms with Gasteiger partial charge >= 0.3 is 6.09 Å². The molecule has 5 rings (SSSR count). The third-order valence-electron chi connectivity index (χ3n) is 5.57. The maximum atomic E-state index is 13.3. The van der Waals surface area contributed by atoms with Crippen LogP contribution in [0.25, 0.3) is 11.4 Å². The topological polar surface area (TPSA) is 121 Å². The van der Waals surface area contributed by atoms with Crippen molar-refractivity contribution in [3.05, 3.63) is 24.4 Å². The molecule has 12 heteroatoms. The molecule has 3 N–H and O–H groups in total. The molecule has 1 aromatic carbocycles. The molecular formula is C19H19F2N5O5. The normalized spacial score (nSPS) is 21.5. The summed E-state index contributed by atoms with van der Waals surface area (Å²) in [6.45, 7) is 0.655. The van der Waals surface area contributed by atoms with Gasteiger partial charge in [-0.2, -0.15) is 0 Å². The highest BCUT2D eigenvalue weighted by Gasteiger charge is 2.45. The second-order valence-electron chi connectivity index (χ2n) is 7.59. The predicted molar refractivity (Wildman–Crippen MR) is 103 cm³/mol. The van der Waals surface area contributed by atoms with Crippen LogP contribution in [0.3, 0.4) is 0 Å². The molecule has 1 atom stereocenters. The summed E-state index contributed by atoms with van der Waals surface area (Å²) in [6.07, 6.45) is -2.07. The highest BCUT2D eigenvalue weighted by atomic mass is 19.3. The molecule has 0 saturated carbocycles. The second kappa shape index (κ2) is 7.08. The lowest BCUT2D eigenvalue weighted by molar-refractivity contribution is -0.137. The number of ether oxygens (including phenoxy) is 3. The van der Waals surface area contributed by atoms with Crippen molar-refractivity contribution in [1.82, 2.24) is 9.55 Å². The molecule has 0 radical (unpaired) electrons. The fourth-order valence-electron chi connectivity index (χ4n) is 3.81. The van der Waals surface area contributed by atoms with Crippen molar-refractivity contribution in [1.29, 1.82) is 0 Å². The maximum absolute atomic E-state index is 13.3. The smallest absolute Gasteiger partial charge is 0.416 e. The maximum Gasteiger partial charge on any atom is 0.416 e. The van der Waals surface area contributed by atoms with Crippen LogP contribution in [-0.2, 0) is 20.8 Å². The number of hydrogen-bond acceptors (Lipinski definition) is 7. The zero-order valence-corrected chi connectivity index (χ0v) is 16.2. The molecule has 1 aromatic heterocycles. The Balaban J connectivity index is 1.48. The number of rotatable bonds is 5. The Morgan fingerprint density at radius 3 is 2.81 bits per heavy atom. The van der Waals surface area contributed by atoms with Crippen molar-refractivity contribution < 1.29 is 32.6 Å². The van der Waals surface area contributed by atoms with Crippen LogP contribution in [0.1, 0.15) is 0 Å². The zero-order valence-electron chi connectivity index (χ0n) is 16.2. The van der Waals surface area contributed by atoms with Crippen LogP contribution in [0.15, 0.2) is 24.4 Å². The van der Waals surface area contributed by atoms with Crippen LogP contribution in [0.4, 0.5) is 25.1 Å². The average Bonchev–Trinajstić information content (AvgIpc) is 3.24. The predicted octanol–water partition coefficient (Wildman–Crippen LogP) is 1.20. The number of carbonyl (C=O) groups is 2. The number of primary amides is 1. The van der Waals surface area contributed by atoms with E-state index in [9.17, 15) is 18.4 Å². The number of benzene rings is 1. The van der Waals surface area contributed by atoms with Crippen molar-refractivity contribution >= 4 is 23.5 Å². The SMILES string of the molecule is NC(=O)C1(Nc2ccc3c(c2)OCCn2cc(N4C(=O)OCC4C(F)F)nc2-3)COC1. The minimum Gasteiger partial charge on any atom is -0.491 e. The first kappa shape index (κ1) is 19.5. The van der Waals surface area contributed by atoms with E-state index in [1.165, 1.54) is 6.20 Å². The molecule has 1 unspecified atom stereocenters. The molecule has 3 aliphatic rings. The molecule has 0 spiro atoms. The fourth-order valence-corrected chi connectivity index (χ4v) is 3.81. The first-order chi connectivity index (χ1) is 14.9. The number of hydrogen-bond donors (Lipinski definition) is 2. The number of alkyl halides is 2. The van der Waals surface area contributed by atoms with Crippen LogP contribution >= 0.6 is 0 Å². The Labute approximate surface area is 174 Å². The van der Waals surface area contributed by atoms with E-state index in [0.29, 0.717) is 36.0 Å². The average molecular weight is 435 g/mol. The molecule has 0 aliphatic carbocycles. The molecule has 2 aromatic rings. The molecule has 2 fully saturated rings. The van der Waals surface area contributed by atoms with E-state index in [0.717, 1.165) is 4.90 Å².